The van der Waals surface area contributed by atoms with Gasteiger partial charge in [0.15, 0.2) is 0 Å². The fourth-order valence-electron chi connectivity index (χ4n) is 0.484. The molecular formula is C5H10S2. The molecule has 0 saturated carbocycles. The van der Waals surface area contributed by atoms with Crippen LogP contribution in [0.5, 0.6) is 0 Å². The molecule has 1 aliphatic rings. The maximum absolute atomic E-state index is 2.32. The lowest BCUT2D eigenvalue weighted by atomic mass is 10.1. The average Bonchev–Trinajstić information content (AvgIpc) is 1.91. The molecule has 2 heteroatoms. The summed E-state index contributed by atoms with van der Waals surface area (Å²) in [5.41, 5.74) is 0. The van der Waals surface area contributed by atoms with Crippen LogP contribution >= 0.6 is 21.6 Å². The van der Waals surface area contributed by atoms with Gasteiger partial charge in [-0.25, -0.2) is 0 Å². The zero-order valence-electron chi connectivity index (χ0n) is 4.68. The summed E-state index contributed by atoms with van der Waals surface area (Å²) in [7, 11) is 4.03. The molecule has 0 aromatic carbocycles. The van der Waals surface area contributed by atoms with Gasteiger partial charge < -0.3 is 0 Å². The van der Waals surface area contributed by atoms with Crippen molar-refractivity contribution >= 4 is 21.6 Å². The minimum absolute atomic E-state index is 0.894. The largest absolute Gasteiger partial charge is 0.0936 e. The third kappa shape index (κ3) is 1.29. The fraction of sp³-hybridized carbons (Fsp3) is 1.00. The van der Waals surface area contributed by atoms with E-state index in [4.69, 9.17) is 0 Å². The van der Waals surface area contributed by atoms with E-state index < -0.39 is 0 Å². The van der Waals surface area contributed by atoms with E-state index in [0.29, 0.717) is 0 Å². The number of hydrogen-bond donors (Lipinski definition) is 0. The Hall–Kier alpha value is 0.700. The minimum Gasteiger partial charge on any atom is -0.0936 e. The zero-order chi connectivity index (χ0) is 5.28. The first-order valence-electron chi connectivity index (χ1n) is 2.59. The van der Waals surface area contributed by atoms with Crippen molar-refractivity contribution in [2.24, 2.45) is 5.92 Å². The first-order valence-corrected chi connectivity index (χ1v) is 4.97. The van der Waals surface area contributed by atoms with Crippen molar-refractivity contribution in [2.75, 3.05) is 5.75 Å². The molecule has 0 aromatic heterocycles. The van der Waals surface area contributed by atoms with Crippen LogP contribution in [0.15, 0.2) is 0 Å². The van der Waals surface area contributed by atoms with Gasteiger partial charge in [-0.05, 0) is 5.92 Å². The summed E-state index contributed by atoms with van der Waals surface area (Å²) in [4.78, 5) is 0. The summed E-state index contributed by atoms with van der Waals surface area (Å²) in [6, 6.07) is 0. The van der Waals surface area contributed by atoms with Crippen LogP contribution in [-0.4, -0.2) is 11.0 Å². The van der Waals surface area contributed by atoms with E-state index in [1.165, 1.54) is 5.75 Å². The van der Waals surface area contributed by atoms with Crippen molar-refractivity contribution in [3.8, 4) is 0 Å². The second-order valence-electron chi connectivity index (χ2n) is 2.06. The van der Waals surface area contributed by atoms with Crippen LogP contribution in [0.4, 0.5) is 0 Å². The number of hydrogen-bond acceptors (Lipinski definition) is 2. The molecule has 0 amide bonds. The Bertz CT molecular complexity index is 55.1. The summed E-state index contributed by atoms with van der Waals surface area (Å²) < 4.78 is 0. The van der Waals surface area contributed by atoms with Crippen molar-refractivity contribution in [1.29, 1.82) is 0 Å². The number of rotatable bonds is 0. The molecule has 1 saturated heterocycles. The molecule has 1 aliphatic heterocycles. The second kappa shape index (κ2) is 2.31. The van der Waals surface area contributed by atoms with Gasteiger partial charge in [0.25, 0.3) is 0 Å². The van der Waals surface area contributed by atoms with E-state index in [1.807, 2.05) is 21.6 Å². The van der Waals surface area contributed by atoms with Crippen LogP contribution in [0.1, 0.15) is 13.8 Å². The maximum Gasteiger partial charge on any atom is 0.0156 e. The molecule has 1 rings (SSSR count). The third-order valence-electron chi connectivity index (χ3n) is 1.35. The smallest absolute Gasteiger partial charge is 0.0156 e. The van der Waals surface area contributed by atoms with Gasteiger partial charge in [0, 0.05) is 11.0 Å². The molecule has 0 radical (unpaired) electrons. The van der Waals surface area contributed by atoms with Crippen LogP contribution in [0.3, 0.4) is 0 Å². The average molecular weight is 134 g/mol. The molecular weight excluding hydrogens is 124 g/mol. The summed E-state index contributed by atoms with van der Waals surface area (Å²) >= 11 is 0. The Labute approximate surface area is 52.8 Å². The Morgan fingerprint density at radius 1 is 1.43 bits per heavy atom. The predicted octanol–water partition coefficient (Wildman–Crippen LogP) is 2.41. The lowest BCUT2D eigenvalue weighted by Gasteiger charge is -2.02. The SMILES string of the molecule is C[C@@H]1SSC[C@@H]1C. The Kier molecular flexibility index (Phi) is 1.93. The fourth-order valence-corrected chi connectivity index (χ4v) is 3.78. The molecule has 1 fully saturated rings. The van der Waals surface area contributed by atoms with Gasteiger partial charge in [0.1, 0.15) is 0 Å². The van der Waals surface area contributed by atoms with Crippen molar-refractivity contribution in [2.45, 2.75) is 19.1 Å². The topological polar surface area (TPSA) is 0 Å². The quantitative estimate of drug-likeness (QED) is 0.467. The van der Waals surface area contributed by atoms with E-state index >= 15 is 0 Å². The molecule has 0 aliphatic carbocycles. The molecule has 1 heterocycles. The second-order valence-corrected chi connectivity index (χ2v) is 4.85. The summed E-state index contributed by atoms with van der Waals surface area (Å²) in [5, 5.41) is 0.894. The molecule has 7 heavy (non-hydrogen) atoms. The van der Waals surface area contributed by atoms with E-state index in [0.717, 1.165) is 11.2 Å². The molecule has 0 aromatic rings. The van der Waals surface area contributed by atoms with Gasteiger partial charge in [-0.2, -0.15) is 0 Å². The highest BCUT2D eigenvalue weighted by Gasteiger charge is 2.19. The summed E-state index contributed by atoms with van der Waals surface area (Å²) in [6.07, 6.45) is 0. The molecule has 0 N–H and O–H groups in total. The first kappa shape index (κ1) is 5.83. The summed E-state index contributed by atoms with van der Waals surface area (Å²) in [6.45, 7) is 4.62. The van der Waals surface area contributed by atoms with Gasteiger partial charge in [-0.1, -0.05) is 35.4 Å². The maximum atomic E-state index is 2.32. The van der Waals surface area contributed by atoms with Crippen LogP contribution in [-0.2, 0) is 0 Å². The van der Waals surface area contributed by atoms with Crippen LogP contribution < -0.4 is 0 Å². The molecule has 0 spiro atoms. The Morgan fingerprint density at radius 3 is 2.29 bits per heavy atom. The van der Waals surface area contributed by atoms with E-state index in [1.54, 1.807) is 0 Å². The van der Waals surface area contributed by atoms with Gasteiger partial charge in [0.05, 0.1) is 0 Å². The minimum atomic E-state index is 0.894. The normalized spacial score (nSPS) is 42.0. The molecule has 42 valence electrons. The van der Waals surface area contributed by atoms with Gasteiger partial charge >= 0.3 is 0 Å². The predicted molar refractivity (Wildman–Crippen MR) is 38.7 cm³/mol. The molecule has 0 bridgehead atoms. The highest BCUT2D eigenvalue weighted by atomic mass is 33.1. The molecule has 2 atom stereocenters. The monoisotopic (exact) mass is 134 g/mol. The lowest BCUT2D eigenvalue weighted by Crippen LogP contribution is -2.03. The van der Waals surface area contributed by atoms with Crippen molar-refractivity contribution in [1.82, 2.24) is 0 Å². The van der Waals surface area contributed by atoms with Crippen molar-refractivity contribution in [3.05, 3.63) is 0 Å². The Morgan fingerprint density at radius 2 is 2.14 bits per heavy atom. The van der Waals surface area contributed by atoms with E-state index in [9.17, 15) is 0 Å². The van der Waals surface area contributed by atoms with Crippen LogP contribution in [0.25, 0.3) is 0 Å². The van der Waals surface area contributed by atoms with Gasteiger partial charge in [0.2, 0.25) is 0 Å². The van der Waals surface area contributed by atoms with Crippen molar-refractivity contribution in [3.63, 3.8) is 0 Å². The highest BCUT2D eigenvalue weighted by molar-refractivity contribution is 8.77. The van der Waals surface area contributed by atoms with Crippen LogP contribution in [0.2, 0.25) is 0 Å². The third-order valence-corrected chi connectivity index (χ3v) is 4.65. The standard InChI is InChI=1S/C5H10S2/c1-4-3-6-7-5(4)2/h4-5H,3H2,1-2H3/t4-,5-/m0/s1. The Balaban J connectivity index is 2.33. The van der Waals surface area contributed by atoms with E-state index in [2.05, 4.69) is 13.8 Å². The lowest BCUT2D eigenvalue weighted by molar-refractivity contribution is 0.665. The molecule has 0 nitrogen and oxygen atoms in total. The van der Waals surface area contributed by atoms with Crippen molar-refractivity contribution < 1.29 is 0 Å². The zero-order valence-corrected chi connectivity index (χ0v) is 6.31. The highest BCUT2D eigenvalue weighted by Crippen LogP contribution is 2.40. The summed E-state index contributed by atoms with van der Waals surface area (Å²) in [5.74, 6) is 2.29. The first-order chi connectivity index (χ1) is 3.30. The van der Waals surface area contributed by atoms with E-state index in [-0.39, 0.29) is 0 Å². The van der Waals surface area contributed by atoms with Gasteiger partial charge in [-0.15, -0.1) is 0 Å². The van der Waals surface area contributed by atoms with Gasteiger partial charge in [-0.3, -0.25) is 0 Å². The molecule has 0 unspecified atom stereocenters. The van der Waals surface area contributed by atoms with Crippen LogP contribution in [0, 0.1) is 5.92 Å².